The van der Waals surface area contributed by atoms with Crippen molar-refractivity contribution >= 4 is 0 Å². The molecule has 1 aromatic rings. The summed E-state index contributed by atoms with van der Waals surface area (Å²) in [6, 6.07) is 0. The molecule has 1 saturated heterocycles. The van der Waals surface area contributed by atoms with Crippen LogP contribution in [0.3, 0.4) is 0 Å². The van der Waals surface area contributed by atoms with Crippen LogP contribution in [0, 0.1) is 5.92 Å². The van der Waals surface area contributed by atoms with Crippen LogP contribution in [0.25, 0.3) is 0 Å². The normalized spacial score (nSPS) is 30.1. The molecule has 3 heterocycles. The first-order valence-corrected chi connectivity index (χ1v) is 6.38. The molecule has 0 radical (unpaired) electrons. The van der Waals surface area contributed by atoms with Gasteiger partial charge in [-0.05, 0) is 31.6 Å². The molecule has 2 unspecified atom stereocenters. The van der Waals surface area contributed by atoms with Crippen LogP contribution in [-0.2, 0) is 17.7 Å². The monoisotopic (exact) mass is 221 g/mol. The van der Waals surface area contributed by atoms with Crippen molar-refractivity contribution in [2.75, 3.05) is 6.61 Å². The highest BCUT2D eigenvalue weighted by molar-refractivity contribution is 5.03. The van der Waals surface area contributed by atoms with Crippen molar-refractivity contribution in [1.82, 2.24) is 14.8 Å². The van der Waals surface area contributed by atoms with Crippen LogP contribution in [0.2, 0.25) is 0 Å². The molecule has 2 atom stereocenters. The zero-order chi connectivity index (χ0) is 11.0. The minimum Gasteiger partial charge on any atom is -0.370 e. The lowest BCUT2D eigenvalue weighted by atomic mass is 10.00. The molecule has 2 aliphatic rings. The van der Waals surface area contributed by atoms with E-state index in [1.807, 2.05) is 0 Å². The van der Waals surface area contributed by atoms with E-state index in [2.05, 4.69) is 21.7 Å². The molecule has 4 nitrogen and oxygen atoms in total. The number of aromatic nitrogens is 3. The topological polar surface area (TPSA) is 39.9 Å². The molecule has 0 N–H and O–H groups in total. The number of rotatable bonds is 1. The van der Waals surface area contributed by atoms with Crippen molar-refractivity contribution < 1.29 is 4.74 Å². The molecule has 3 rings (SSSR count). The summed E-state index contributed by atoms with van der Waals surface area (Å²) in [7, 11) is 0. The van der Waals surface area contributed by atoms with Gasteiger partial charge in [-0.2, -0.15) is 0 Å². The SMILES string of the molecule is CC1CCn2c(nnc2C2CCCCO2)C1. The first kappa shape index (κ1) is 10.3. The fourth-order valence-corrected chi connectivity index (χ4v) is 2.69. The van der Waals surface area contributed by atoms with E-state index in [0.717, 1.165) is 43.6 Å². The van der Waals surface area contributed by atoms with E-state index >= 15 is 0 Å². The molecule has 0 aromatic carbocycles. The van der Waals surface area contributed by atoms with Crippen LogP contribution >= 0.6 is 0 Å². The Morgan fingerprint density at radius 3 is 3.00 bits per heavy atom. The van der Waals surface area contributed by atoms with Crippen LogP contribution < -0.4 is 0 Å². The van der Waals surface area contributed by atoms with Crippen molar-refractivity contribution in [1.29, 1.82) is 0 Å². The molecule has 1 aromatic heterocycles. The van der Waals surface area contributed by atoms with Gasteiger partial charge in [0.2, 0.25) is 0 Å². The van der Waals surface area contributed by atoms with E-state index in [-0.39, 0.29) is 6.10 Å². The van der Waals surface area contributed by atoms with Crippen molar-refractivity contribution in [2.45, 2.75) is 51.7 Å². The Hall–Kier alpha value is -0.900. The van der Waals surface area contributed by atoms with Crippen molar-refractivity contribution in [3.05, 3.63) is 11.6 Å². The van der Waals surface area contributed by atoms with Crippen LogP contribution in [-0.4, -0.2) is 21.4 Å². The quantitative estimate of drug-likeness (QED) is 0.729. The standard InChI is InChI=1S/C12H19N3O/c1-9-5-6-15-11(8-9)13-14-12(15)10-4-2-3-7-16-10/h9-10H,2-8H2,1H3. The summed E-state index contributed by atoms with van der Waals surface area (Å²) in [4.78, 5) is 0. The first-order chi connectivity index (χ1) is 7.84. The maximum atomic E-state index is 5.79. The van der Waals surface area contributed by atoms with Gasteiger partial charge in [0.05, 0.1) is 0 Å². The van der Waals surface area contributed by atoms with Gasteiger partial charge >= 0.3 is 0 Å². The van der Waals surface area contributed by atoms with Crippen LogP contribution in [0.5, 0.6) is 0 Å². The summed E-state index contributed by atoms with van der Waals surface area (Å²) in [5, 5.41) is 8.66. The maximum Gasteiger partial charge on any atom is 0.162 e. The second-order valence-electron chi connectivity index (χ2n) is 5.08. The number of hydrogen-bond acceptors (Lipinski definition) is 3. The summed E-state index contributed by atoms with van der Waals surface area (Å²) in [5.74, 6) is 2.97. The summed E-state index contributed by atoms with van der Waals surface area (Å²) in [5.41, 5.74) is 0. The Balaban J connectivity index is 1.85. The minimum absolute atomic E-state index is 0.198. The van der Waals surface area contributed by atoms with Crippen molar-refractivity contribution in [3.63, 3.8) is 0 Å². The van der Waals surface area contributed by atoms with Gasteiger partial charge in [-0.25, -0.2) is 0 Å². The third-order valence-corrected chi connectivity index (χ3v) is 3.70. The van der Waals surface area contributed by atoms with E-state index < -0.39 is 0 Å². The fourth-order valence-electron chi connectivity index (χ4n) is 2.69. The van der Waals surface area contributed by atoms with E-state index in [4.69, 9.17) is 4.74 Å². The zero-order valence-electron chi connectivity index (χ0n) is 9.85. The van der Waals surface area contributed by atoms with Gasteiger partial charge in [0.15, 0.2) is 5.82 Å². The molecule has 0 aliphatic carbocycles. The summed E-state index contributed by atoms with van der Waals surface area (Å²) < 4.78 is 8.08. The second kappa shape index (κ2) is 4.17. The van der Waals surface area contributed by atoms with Gasteiger partial charge in [0, 0.05) is 19.6 Å². The Bertz CT molecular complexity index is 368. The molecular weight excluding hydrogens is 202 g/mol. The van der Waals surface area contributed by atoms with Crippen LogP contribution in [0.1, 0.15) is 50.4 Å². The predicted molar refractivity (Wildman–Crippen MR) is 60.1 cm³/mol. The van der Waals surface area contributed by atoms with Crippen molar-refractivity contribution in [2.24, 2.45) is 5.92 Å². The van der Waals surface area contributed by atoms with Gasteiger partial charge in [0.25, 0.3) is 0 Å². The molecular formula is C12H19N3O. The van der Waals surface area contributed by atoms with Gasteiger partial charge in [-0.15, -0.1) is 10.2 Å². The number of hydrogen-bond donors (Lipinski definition) is 0. The Morgan fingerprint density at radius 1 is 1.25 bits per heavy atom. The van der Waals surface area contributed by atoms with E-state index in [1.165, 1.54) is 19.3 Å². The lowest BCUT2D eigenvalue weighted by Gasteiger charge is -2.25. The maximum absolute atomic E-state index is 5.79. The van der Waals surface area contributed by atoms with Crippen molar-refractivity contribution in [3.8, 4) is 0 Å². The predicted octanol–water partition coefficient (Wildman–Crippen LogP) is 2.10. The average molecular weight is 221 g/mol. The highest BCUT2D eigenvalue weighted by Gasteiger charge is 2.26. The summed E-state index contributed by atoms with van der Waals surface area (Å²) >= 11 is 0. The second-order valence-corrected chi connectivity index (χ2v) is 5.08. The molecule has 0 spiro atoms. The summed E-state index contributed by atoms with van der Waals surface area (Å²) in [6.07, 6.45) is 6.05. The van der Waals surface area contributed by atoms with E-state index in [1.54, 1.807) is 0 Å². The fraction of sp³-hybridized carbons (Fsp3) is 0.833. The molecule has 16 heavy (non-hydrogen) atoms. The molecule has 0 bridgehead atoms. The zero-order valence-corrected chi connectivity index (χ0v) is 9.85. The molecule has 88 valence electrons. The average Bonchev–Trinajstić information content (AvgIpc) is 2.73. The number of ether oxygens (including phenoxy) is 1. The minimum atomic E-state index is 0.198. The van der Waals surface area contributed by atoms with Gasteiger partial charge in [0.1, 0.15) is 11.9 Å². The van der Waals surface area contributed by atoms with Gasteiger partial charge in [-0.1, -0.05) is 6.92 Å². The third-order valence-electron chi connectivity index (χ3n) is 3.70. The molecule has 0 saturated carbocycles. The smallest absolute Gasteiger partial charge is 0.162 e. The molecule has 0 amide bonds. The van der Waals surface area contributed by atoms with E-state index in [0.29, 0.717) is 0 Å². The Morgan fingerprint density at radius 2 is 2.19 bits per heavy atom. The lowest BCUT2D eigenvalue weighted by molar-refractivity contribution is 0.00662. The summed E-state index contributed by atoms with van der Waals surface area (Å²) in [6.45, 7) is 4.23. The molecule has 1 fully saturated rings. The molecule has 4 heteroatoms. The Kier molecular flexibility index (Phi) is 2.67. The van der Waals surface area contributed by atoms with Crippen LogP contribution in [0.4, 0.5) is 0 Å². The lowest BCUT2D eigenvalue weighted by Crippen LogP contribution is -2.22. The number of fused-ring (bicyclic) bond motifs is 1. The highest BCUT2D eigenvalue weighted by atomic mass is 16.5. The Labute approximate surface area is 96.0 Å². The third kappa shape index (κ3) is 1.75. The highest BCUT2D eigenvalue weighted by Crippen LogP contribution is 2.29. The number of nitrogens with zero attached hydrogens (tertiary/aromatic N) is 3. The first-order valence-electron chi connectivity index (χ1n) is 6.38. The molecule has 2 aliphatic heterocycles. The van der Waals surface area contributed by atoms with Crippen LogP contribution in [0.15, 0.2) is 0 Å². The largest absolute Gasteiger partial charge is 0.370 e. The van der Waals surface area contributed by atoms with E-state index in [9.17, 15) is 0 Å². The van der Waals surface area contributed by atoms with Gasteiger partial charge in [-0.3, -0.25) is 0 Å². The van der Waals surface area contributed by atoms with Gasteiger partial charge < -0.3 is 9.30 Å².